The largest absolute Gasteiger partial charge is 0.334 e. The minimum atomic E-state index is -0.525. The second kappa shape index (κ2) is 7.44. The van der Waals surface area contributed by atoms with E-state index in [0.717, 1.165) is 23.4 Å². The molecule has 5 nitrogen and oxygen atoms in total. The molecular formula is C20H18FN3O2S. The van der Waals surface area contributed by atoms with Gasteiger partial charge in [0.25, 0.3) is 11.5 Å². The molecule has 0 radical (unpaired) electrons. The van der Waals surface area contributed by atoms with Crippen molar-refractivity contribution in [3.05, 3.63) is 75.6 Å². The Kier molecular flexibility index (Phi) is 4.85. The molecule has 0 saturated carbocycles. The molecule has 4 rings (SSSR count). The number of halogens is 1. The molecule has 1 saturated heterocycles. The summed E-state index contributed by atoms with van der Waals surface area (Å²) >= 11 is 1.55. The highest BCUT2D eigenvalue weighted by Crippen LogP contribution is 2.24. The highest BCUT2D eigenvalue weighted by atomic mass is 32.1. The molecule has 1 amide bonds. The number of hydrogen-bond acceptors (Lipinski definition) is 4. The van der Waals surface area contributed by atoms with E-state index in [9.17, 15) is 14.0 Å². The molecule has 1 atom stereocenters. The van der Waals surface area contributed by atoms with E-state index in [4.69, 9.17) is 0 Å². The van der Waals surface area contributed by atoms with E-state index < -0.39 is 5.82 Å². The van der Waals surface area contributed by atoms with Gasteiger partial charge in [0.15, 0.2) is 0 Å². The van der Waals surface area contributed by atoms with Crippen LogP contribution in [0.4, 0.5) is 4.39 Å². The number of thiophene rings is 1. The summed E-state index contributed by atoms with van der Waals surface area (Å²) in [4.78, 5) is 27.7. The Morgan fingerprint density at radius 1 is 1.19 bits per heavy atom. The molecule has 0 spiro atoms. The summed E-state index contributed by atoms with van der Waals surface area (Å²) in [5, 5.41) is 6.42. The molecule has 3 aromatic rings. The first-order valence-electron chi connectivity index (χ1n) is 8.81. The van der Waals surface area contributed by atoms with Crippen LogP contribution in [-0.4, -0.2) is 33.2 Å². The molecule has 2 aromatic heterocycles. The smallest absolute Gasteiger partial charge is 0.266 e. The van der Waals surface area contributed by atoms with Crippen LogP contribution in [0.2, 0.25) is 0 Å². The van der Waals surface area contributed by atoms with Crippen LogP contribution in [0.25, 0.3) is 10.6 Å². The Morgan fingerprint density at radius 2 is 2.04 bits per heavy atom. The van der Waals surface area contributed by atoms with Crippen LogP contribution in [0.3, 0.4) is 0 Å². The summed E-state index contributed by atoms with van der Waals surface area (Å²) in [5.74, 6) is -0.860. The molecule has 0 aliphatic carbocycles. The van der Waals surface area contributed by atoms with E-state index >= 15 is 0 Å². The van der Waals surface area contributed by atoms with Crippen LogP contribution in [0.1, 0.15) is 23.2 Å². The van der Waals surface area contributed by atoms with Gasteiger partial charge in [-0.3, -0.25) is 9.59 Å². The van der Waals surface area contributed by atoms with Crippen LogP contribution >= 0.6 is 11.3 Å². The van der Waals surface area contributed by atoms with Gasteiger partial charge < -0.3 is 4.90 Å². The number of nitrogens with zero attached hydrogens (tertiary/aromatic N) is 3. The number of carbonyl (C=O) groups excluding carboxylic acids is 1. The van der Waals surface area contributed by atoms with Crippen molar-refractivity contribution in [1.29, 1.82) is 0 Å². The fourth-order valence-electron chi connectivity index (χ4n) is 3.42. The molecule has 27 heavy (non-hydrogen) atoms. The number of hydrogen-bond donors (Lipinski definition) is 0. The quantitative estimate of drug-likeness (QED) is 0.694. The molecule has 0 N–H and O–H groups in total. The Bertz CT molecular complexity index is 1020. The number of carbonyl (C=O) groups is 1. The van der Waals surface area contributed by atoms with Gasteiger partial charge >= 0.3 is 0 Å². The van der Waals surface area contributed by atoms with E-state index in [2.05, 4.69) is 5.10 Å². The molecular weight excluding hydrogens is 365 g/mol. The summed E-state index contributed by atoms with van der Waals surface area (Å²) in [7, 11) is 0. The maximum Gasteiger partial charge on any atom is 0.266 e. The normalized spacial score (nSPS) is 16.6. The van der Waals surface area contributed by atoms with E-state index in [1.165, 1.54) is 22.9 Å². The number of aromatic nitrogens is 2. The summed E-state index contributed by atoms with van der Waals surface area (Å²) in [5.41, 5.74) is 0.590. The van der Waals surface area contributed by atoms with Crippen LogP contribution < -0.4 is 5.56 Å². The maximum absolute atomic E-state index is 14.0. The van der Waals surface area contributed by atoms with Crippen molar-refractivity contribution >= 4 is 17.2 Å². The highest BCUT2D eigenvalue weighted by molar-refractivity contribution is 7.13. The monoisotopic (exact) mass is 383 g/mol. The van der Waals surface area contributed by atoms with E-state index in [0.29, 0.717) is 13.1 Å². The molecule has 0 bridgehead atoms. The third kappa shape index (κ3) is 3.55. The first-order chi connectivity index (χ1) is 13.1. The van der Waals surface area contributed by atoms with Crippen LogP contribution in [0.5, 0.6) is 0 Å². The second-order valence-electron chi connectivity index (χ2n) is 6.49. The summed E-state index contributed by atoms with van der Waals surface area (Å²) in [6.45, 7) is 0.857. The zero-order valence-corrected chi connectivity index (χ0v) is 15.4. The number of amides is 1. The SMILES string of the molecule is O=C(c1ccccc1F)N1CCC[C@@H]1Cn1nc(-c2cccs2)ccc1=O. The lowest BCUT2D eigenvalue weighted by molar-refractivity contribution is 0.0716. The van der Waals surface area contributed by atoms with E-state index in [1.54, 1.807) is 34.4 Å². The zero-order valence-electron chi connectivity index (χ0n) is 14.5. The van der Waals surface area contributed by atoms with Gasteiger partial charge in [-0.05, 0) is 42.5 Å². The van der Waals surface area contributed by atoms with Gasteiger partial charge in [-0.25, -0.2) is 9.07 Å². The second-order valence-corrected chi connectivity index (χ2v) is 7.44. The summed E-state index contributed by atoms with van der Waals surface area (Å²) in [6, 6.07) is 12.9. The fourth-order valence-corrected chi connectivity index (χ4v) is 4.11. The summed E-state index contributed by atoms with van der Waals surface area (Å²) in [6.07, 6.45) is 1.59. The van der Waals surface area contributed by atoms with Gasteiger partial charge in [0, 0.05) is 12.6 Å². The van der Waals surface area contributed by atoms with Gasteiger partial charge in [0.1, 0.15) is 11.5 Å². The molecule has 1 aliphatic heterocycles. The molecule has 1 fully saturated rings. The van der Waals surface area contributed by atoms with Crippen molar-refractivity contribution in [3.8, 4) is 10.6 Å². The molecule has 3 heterocycles. The molecule has 138 valence electrons. The van der Waals surface area contributed by atoms with Gasteiger partial charge in [0.05, 0.1) is 23.0 Å². The van der Waals surface area contributed by atoms with Gasteiger partial charge in [-0.15, -0.1) is 11.3 Å². The lowest BCUT2D eigenvalue weighted by Gasteiger charge is -2.25. The predicted molar refractivity (Wildman–Crippen MR) is 102 cm³/mol. The molecule has 1 aromatic carbocycles. The predicted octanol–water partition coefficient (Wildman–Crippen LogP) is 3.42. The van der Waals surface area contributed by atoms with Crippen molar-refractivity contribution < 1.29 is 9.18 Å². The number of rotatable bonds is 4. The van der Waals surface area contributed by atoms with E-state index in [-0.39, 0.29) is 23.1 Å². The first-order valence-corrected chi connectivity index (χ1v) is 9.69. The van der Waals surface area contributed by atoms with Gasteiger partial charge in [0.2, 0.25) is 0 Å². The van der Waals surface area contributed by atoms with Crippen molar-refractivity contribution in [2.24, 2.45) is 0 Å². The minimum Gasteiger partial charge on any atom is -0.334 e. The third-order valence-electron chi connectivity index (χ3n) is 4.77. The molecule has 0 unspecified atom stereocenters. The Hall–Kier alpha value is -2.80. The average Bonchev–Trinajstić information content (AvgIpc) is 3.35. The number of likely N-dealkylation sites (tertiary alicyclic amines) is 1. The van der Waals surface area contributed by atoms with E-state index in [1.807, 2.05) is 17.5 Å². The molecule has 1 aliphatic rings. The van der Waals surface area contributed by atoms with Crippen molar-refractivity contribution in [2.45, 2.75) is 25.4 Å². The third-order valence-corrected chi connectivity index (χ3v) is 5.66. The lowest BCUT2D eigenvalue weighted by atomic mass is 10.1. The minimum absolute atomic E-state index is 0.0667. The lowest BCUT2D eigenvalue weighted by Crippen LogP contribution is -2.40. The Labute approximate surface area is 159 Å². The van der Waals surface area contributed by atoms with Crippen LogP contribution in [0.15, 0.2) is 58.7 Å². The first kappa shape index (κ1) is 17.6. The van der Waals surface area contributed by atoms with Crippen LogP contribution in [0, 0.1) is 5.82 Å². The average molecular weight is 383 g/mol. The maximum atomic E-state index is 14.0. The highest BCUT2D eigenvalue weighted by Gasteiger charge is 2.31. The van der Waals surface area contributed by atoms with Crippen molar-refractivity contribution in [3.63, 3.8) is 0 Å². The standard InChI is InChI=1S/C20H18FN3O2S/c21-16-7-2-1-6-15(16)20(26)23-11-3-5-14(23)13-24-19(25)10-9-17(22-24)18-8-4-12-27-18/h1-2,4,6-10,12,14H,3,5,11,13H2/t14-/m1/s1. The van der Waals surface area contributed by atoms with Gasteiger partial charge in [-0.1, -0.05) is 18.2 Å². The Morgan fingerprint density at radius 3 is 2.81 bits per heavy atom. The fraction of sp³-hybridized carbons (Fsp3) is 0.250. The van der Waals surface area contributed by atoms with Crippen molar-refractivity contribution in [2.75, 3.05) is 6.54 Å². The van der Waals surface area contributed by atoms with Crippen LogP contribution in [-0.2, 0) is 6.54 Å². The summed E-state index contributed by atoms with van der Waals surface area (Å²) < 4.78 is 15.4. The van der Waals surface area contributed by atoms with Gasteiger partial charge in [-0.2, -0.15) is 5.10 Å². The number of benzene rings is 1. The van der Waals surface area contributed by atoms with Crippen molar-refractivity contribution in [1.82, 2.24) is 14.7 Å². The zero-order chi connectivity index (χ0) is 18.8. The molecule has 7 heteroatoms. The topological polar surface area (TPSA) is 55.2 Å². The Balaban J connectivity index is 1.59.